The molecular weight excluding hydrogens is 408 g/mol. The number of piperidine rings is 1. The summed E-state index contributed by atoms with van der Waals surface area (Å²) in [5.74, 6) is 0.688. The minimum absolute atomic E-state index is 0.0684. The van der Waals surface area contributed by atoms with Crippen molar-refractivity contribution in [3.8, 4) is 5.75 Å². The Labute approximate surface area is 178 Å². The van der Waals surface area contributed by atoms with Gasteiger partial charge in [-0.15, -0.1) is 0 Å². The van der Waals surface area contributed by atoms with E-state index in [4.69, 9.17) is 9.47 Å². The summed E-state index contributed by atoms with van der Waals surface area (Å²) in [6.45, 7) is 0.788. The molecule has 0 aromatic heterocycles. The highest BCUT2D eigenvalue weighted by molar-refractivity contribution is 7.88. The normalized spacial score (nSPS) is 27.6. The number of phenols is 1. The molecule has 1 saturated heterocycles. The second-order valence-electron chi connectivity index (χ2n) is 8.27. The van der Waals surface area contributed by atoms with Crippen LogP contribution in [0.5, 0.6) is 5.75 Å². The number of phenolic OH excluding ortho intramolecular Hbond substituents is 1. The third-order valence-corrected chi connectivity index (χ3v) is 6.80. The number of hydrogen-bond acceptors (Lipinski definition) is 6. The second-order valence-corrected chi connectivity index (χ2v) is 10.1. The molecule has 0 bridgehead atoms. The molecule has 1 saturated carbocycles. The van der Waals surface area contributed by atoms with Crippen molar-refractivity contribution in [2.24, 2.45) is 0 Å². The zero-order valence-electron chi connectivity index (χ0n) is 17.6. The van der Waals surface area contributed by atoms with E-state index in [1.807, 2.05) is 18.2 Å². The first-order valence-corrected chi connectivity index (χ1v) is 12.4. The Hall–Kier alpha value is -1.84. The number of aromatic hydroxyl groups is 1. The fourth-order valence-electron chi connectivity index (χ4n) is 4.60. The third-order valence-electron chi connectivity index (χ3n) is 6.07. The molecule has 8 nitrogen and oxygen atoms in total. The molecule has 1 amide bonds. The number of nitrogens with one attached hydrogen (secondary N) is 1. The lowest BCUT2D eigenvalue weighted by Gasteiger charge is -2.41. The van der Waals surface area contributed by atoms with Crippen molar-refractivity contribution in [3.05, 3.63) is 29.8 Å². The number of carbonyl (C=O) groups is 1. The Morgan fingerprint density at radius 3 is 2.60 bits per heavy atom. The largest absolute Gasteiger partial charge is 0.508 e. The highest BCUT2D eigenvalue weighted by atomic mass is 32.2. The molecule has 9 heteroatoms. The second kappa shape index (κ2) is 9.98. The number of ether oxygens (including phenoxy) is 2. The van der Waals surface area contributed by atoms with Gasteiger partial charge in [-0.2, -0.15) is 0 Å². The molecule has 1 aliphatic heterocycles. The topological polar surface area (TPSA) is 105 Å². The molecule has 168 valence electrons. The Balaban J connectivity index is 1.59. The van der Waals surface area contributed by atoms with Crippen molar-refractivity contribution < 1.29 is 27.8 Å². The summed E-state index contributed by atoms with van der Waals surface area (Å²) in [5, 5.41) is 9.70. The zero-order chi connectivity index (χ0) is 21.7. The first-order chi connectivity index (χ1) is 14.3. The molecule has 1 aliphatic carbocycles. The number of methoxy groups -OCH3 is 1. The lowest BCUT2D eigenvalue weighted by molar-refractivity contribution is -0.0245. The number of nitrogens with zero attached hydrogens (tertiary/aromatic N) is 1. The van der Waals surface area contributed by atoms with E-state index in [0.717, 1.165) is 37.5 Å². The molecule has 2 aliphatic rings. The van der Waals surface area contributed by atoms with Gasteiger partial charge in [0.25, 0.3) is 0 Å². The zero-order valence-corrected chi connectivity index (χ0v) is 18.4. The first-order valence-electron chi connectivity index (χ1n) is 10.5. The van der Waals surface area contributed by atoms with E-state index in [0.29, 0.717) is 25.3 Å². The molecule has 1 heterocycles. The third kappa shape index (κ3) is 6.09. The van der Waals surface area contributed by atoms with Gasteiger partial charge in [0.1, 0.15) is 5.75 Å². The van der Waals surface area contributed by atoms with Gasteiger partial charge in [0.2, 0.25) is 10.0 Å². The van der Waals surface area contributed by atoms with Gasteiger partial charge >= 0.3 is 6.09 Å². The summed E-state index contributed by atoms with van der Waals surface area (Å²) >= 11 is 0. The highest BCUT2D eigenvalue weighted by Crippen LogP contribution is 2.35. The highest BCUT2D eigenvalue weighted by Gasteiger charge is 2.37. The molecule has 2 fully saturated rings. The number of carbonyl (C=O) groups excluding carboxylic acids is 1. The lowest BCUT2D eigenvalue weighted by Crippen LogP contribution is -2.59. The van der Waals surface area contributed by atoms with Crippen molar-refractivity contribution in [2.75, 3.05) is 26.5 Å². The summed E-state index contributed by atoms with van der Waals surface area (Å²) in [4.78, 5) is 13.8. The van der Waals surface area contributed by atoms with Gasteiger partial charge in [0.05, 0.1) is 32.1 Å². The van der Waals surface area contributed by atoms with E-state index in [1.54, 1.807) is 11.0 Å². The van der Waals surface area contributed by atoms with Gasteiger partial charge in [-0.25, -0.2) is 17.9 Å². The first kappa shape index (κ1) is 22.8. The van der Waals surface area contributed by atoms with Crippen molar-refractivity contribution in [2.45, 2.75) is 62.6 Å². The van der Waals surface area contributed by atoms with Crippen LogP contribution in [0.25, 0.3) is 0 Å². The molecule has 0 spiro atoms. The fourth-order valence-corrected chi connectivity index (χ4v) is 5.42. The molecule has 30 heavy (non-hydrogen) atoms. The summed E-state index contributed by atoms with van der Waals surface area (Å²) in [7, 11) is -2.07. The summed E-state index contributed by atoms with van der Waals surface area (Å²) in [6.07, 6.45) is 5.78. The monoisotopic (exact) mass is 440 g/mol. The van der Waals surface area contributed by atoms with Crippen molar-refractivity contribution in [1.29, 1.82) is 0 Å². The molecule has 3 rings (SSSR count). The summed E-state index contributed by atoms with van der Waals surface area (Å²) in [5.41, 5.74) is 1.15. The maximum absolute atomic E-state index is 12.2. The molecular formula is C21H32N2O6S. The van der Waals surface area contributed by atoms with Crippen LogP contribution in [-0.4, -0.2) is 69.2 Å². The van der Waals surface area contributed by atoms with Gasteiger partial charge < -0.3 is 19.5 Å². The van der Waals surface area contributed by atoms with E-state index in [1.165, 1.54) is 7.11 Å². The standard InChI is InChI=1S/C21H32N2O6S/c1-28-21(25)23-12-4-7-19(22-30(2,26)27)20(23)14-29-18-10-8-15(9-11-18)16-5-3-6-17(24)13-16/h3,5-6,13,15,18-20,22,24H,4,7-12,14H2,1-2H3/t15?,18?,19-,20-/m0/s1. The van der Waals surface area contributed by atoms with E-state index in [2.05, 4.69) is 4.72 Å². The predicted octanol–water partition coefficient (Wildman–Crippen LogP) is 2.58. The molecule has 2 atom stereocenters. The Morgan fingerprint density at radius 1 is 1.23 bits per heavy atom. The molecule has 2 N–H and O–H groups in total. The van der Waals surface area contributed by atoms with Gasteiger partial charge in [0.15, 0.2) is 0 Å². The number of benzene rings is 1. The van der Waals surface area contributed by atoms with Crippen LogP contribution in [-0.2, 0) is 19.5 Å². The maximum Gasteiger partial charge on any atom is 0.409 e. The van der Waals surface area contributed by atoms with Gasteiger partial charge in [-0.1, -0.05) is 12.1 Å². The molecule has 0 unspecified atom stereocenters. The quantitative estimate of drug-likeness (QED) is 0.704. The average molecular weight is 441 g/mol. The maximum atomic E-state index is 12.2. The van der Waals surface area contributed by atoms with Crippen molar-refractivity contribution >= 4 is 16.1 Å². The Kier molecular flexibility index (Phi) is 7.60. The van der Waals surface area contributed by atoms with E-state index in [9.17, 15) is 18.3 Å². The Bertz CT molecular complexity index is 823. The van der Waals surface area contributed by atoms with Crippen LogP contribution in [0.1, 0.15) is 50.0 Å². The summed E-state index contributed by atoms with van der Waals surface area (Å²) < 4.78 is 37.3. The van der Waals surface area contributed by atoms with E-state index in [-0.39, 0.29) is 18.5 Å². The molecule has 1 aromatic rings. The van der Waals surface area contributed by atoms with Crippen LogP contribution >= 0.6 is 0 Å². The lowest BCUT2D eigenvalue weighted by atomic mass is 9.82. The minimum atomic E-state index is -3.40. The van der Waals surface area contributed by atoms with Crippen molar-refractivity contribution in [3.63, 3.8) is 0 Å². The van der Waals surface area contributed by atoms with Crippen LogP contribution < -0.4 is 4.72 Å². The van der Waals surface area contributed by atoms with Crippen LogP contribution in [0.4, 0.5) is 4.79 Å². The number of hydrogen-bond donors (Lipinski definition) is 2. The van der Waals surface area contributed by atoms with E-state index < -0.39 is 28.2 Å². The average Bonchev–Trinajstić information content (AvgIpc) is 2.71. The smallest absolute Gasteiger partial charge is 0.409 e. The molecule has 1 aromatic carbocycles. The van der Waals surface area contributed by atoms with Crippen LogP contribution in [0.15, 0.2) is 24.3 Å². The fraction of sp³-hybridized carbons (Fsp3) is 0.667. The summed E-state index contributed by atoms with van der Waals surface area (Å²) in [6, 6.07) is 6.62. The molecule has 0 radical (unpaired) electrons. The number of likely N-dealkylation sites (tertiary alicyclic amines) is 1. The van der Waals surface area contributed by atoms with Gasteiger partial charge in [0, 0.05) is 12.6 Å². The van der Waals surface area contributed by atoms with Gasteiger partial charge in [-0.3, -0.25) is 0 Å². The van der Waals surface area contributed by atoms with Crippen molar-refractivity contribution in [1.82, 2.24) is 9.62 Å². The van der Waals surface area contributed by atoms with Gasteiger partial charge in [-0.05, 0) is 62.1 Å². The minimum Gasteiger partial charge on any atom is -0.508 e. The number of amides is 1. The number of rotatable bonds is 6. The Morgan fingerprint density at radius 2 is 1.97 bits per heavy atom. The van der Waals surface area contributed by atoms with Crippen LogP contribution in [0.2, 0.25) is 0 Å². The number of sulfonamides is 1. The predicted molar refractivity (Wildman–Crippen MR) is 113 cm³/mol. The SMILES string of the molecule is COC(=O)N1CCC[C@H](NS(C)(=O)=O)[C@@H]1COC1CCC(c2cccc(O)c2)CC1. The van der Waals surface area contributed by atoms with Crippen LogP contribution in [0, 0.1) is 0 Å². The van der Waals surface area contributed by atoms with Crippen LogP contribution in [0.3, 0.4) is 0 Å². The van der Waals surface area contributed by atoms with E-state index >= 15 is 0 Å².